The third-order valence-corrected chi connectivity index (χ3v) is 13.2. The lowest BCUT2D eigenvalue weighted by atomic mass is 9.92. The second-order valence-electron chi connectivity index (χ2n) is 17.4. The quantitative estimate of drug-likeness (QED) is 0.150. The van der Waals surface area contributed by atoms with Crippen LogP contribution in [-0.4, -0.2) is 102 Å². The van der Waals surface area contributed by atoms with E-state index in [1.807, 2.05) is 54.2 Å². The fraction of sp³-hybridized carbons (Fsp3) is 0.413. The molecule has 0 spiro atoms. The van der Waals surface area contributed by atoms with Gasteiger partial charge in [0.25, 0.3) is 5.56 Å². The van der Waals surface area contributed by atoms with E-state index in [-0.39, 0.29) is 17.4 Å². The minimum absolute atomic E-state index is 0.204. The fourth-order valence-electron chi connectivity index (χ4n) is 9.61. The molecule has 2 aromatic carbocycles. The highest BCUT2D eigenvalue weighted by Crippen LogP contribution is 2.34. The Morgan fingerprint density at radius 2 is 1.65 bits per heavy atom. The van der Waals surface area contributed by atoms with Gasteiger partial charge >= 0.3 is 0 Å². The van der Waals surface area contributed by atoms with Gasteiger partial charge in [-0.2, -0.15) is 10.1 Å². The highest BCUT2D eigenvalue weighted by Gasteiger charge is 2.32. The van der Waals surface area contributed by atoms with Crippen LogP contribution in [0.15, 0.2) is 83.8 Å². The molecule has 4 aromatic heterocycles. The molecule has 3 saturated heterocycles. The van der Waals surface area contributed by atoms with Crippen LogP contribution < -0.4 is 26.0 Å². The first-order chi connectivity index (χ1) is 30.1. The van der Waals surface area contributed by atoms with Crippen LogP contribution in [0.25, 0.3) is 27.8 Å². The van der Waals surface area contributed by atoms with Gasteiger partial charge in [0.1, 0.15) is 11.0 Å². The number of aryl methyl sites for hydroxylation is 1. The molecule has 3 N–H and O–H groups in total. The van der Waals surface area contributed by atoms with Crippen LogP contribution in [0.4, 0.5) is 23.0 Å². The largest absolute Gasteiger partial charge is 0.384 e. The number of nitrogens with zero attached hydrogens (tertiary/aromatic N) is 10. The number of piperidine rings is 2. The fourth-order valence-corrected chi connectivity index (χ4v) is 9.61. The van der Waals surface area contributed by atoms with Crippen molar-refractivity contribution in [2.24, 2.45) is 13.0 Å². The van der Waals surface area contributed by atoms with Crippen molar-refractivity contribution in [1.82, 2.24) is 44.3 Å². The molecule has 0 radical (unpaired) electrons. The summed E-state index contributed by atoms with van der Waals surface area (Å²) in [5.74, 6) is 0.659. The highest BCUT2D eigenvalue weighted by molar-refractivity contribution is 6.02. The van der Waals surface area contributed by atoms with Gasteiger partial charge in [-0.15, -0.1) is 0 Å². The predicted molar refractivity (Wildman–Crippen MR) is 238 cm³/mol. The number of fused-ring (bicyclic) bond motifs is 7. The zero-order valence-corrected chi connectivity index (χ0v) is 35.2. The number of carbonyl (C=O) groups excluding carboxylic acids is 2. The van der Waals surface area contributed by atoms with Crippen LogP contribution in [-0.2, 0) is 28.8 Å². The number of amides is 2. The number of anilines is 4. The third-order valence-electron chi connectivity index (χ3n) is 13.2. The maximum absolute atomic E-state index is 13.6. The molecule has 16 heteroatoms. The van der Waals surface area contributed by atoms with Gasteiger partial charge in [-0.25, -0.2) is 19.3 Å². The van der Waals surface area contributed by atoms with Crippen molar-refractivity contribution in [2.45, 2.75) is 63.5 Å². The Bertz CT molecular complexity index is 2750. The maximum atomic E-state index is 13.6. The molecule has 0 saturated carbocycles. The second kappa shape index (κ2) is 16.1. The van der Waals surface area contributed by atoms with Gasteiger partial charge in [-0.1, -0.05) is 18.2 Å². The van der Waals surface area contributed by atoms with Gasteiger partial charge in [-0.05, 0) is 99.5 Å². The smallest absolute Gasteiger partial charge is 0.278 e. The van der Waals surface area contributed by atoms with Crippen molar-refractivity contribution >= 4 is 56.8 Å². The molecule has 10 rings (SSSR count). The van der Waals surface area contributed by atoms with Crippen LogP contribution in [0.5, 0.6) is 0 Å². The summed E-state index contributed by atoms with van der Waals surface area (Å²) in [6, 6.07) is 20.3. The summed E-state index contributed by atoms with van der Waals surface area (Å²) >= 11 is 0. The number of piperazine rings is 1. The summed E-state index contributed by atoms with van der Waals surface area (Å²) < 4.78 is 5.19. The van der Waals surface area contributed by atoms with Crippen LogP contribution >= 0.6 is 0 Å². The minimum atomic E-state index is -1.12. The average Bonchev–Trinajstić information content (AvgIpc) is 3.75. The van der Waals surface area contributed by atoms with Crippen LogP contribution in [0.1, 0.15) is 62.8 Å². The van der Waals surface area contributed by atoms with Gasteiger partial charge in [0.05, 0.1) is 29.4 Å². The van der Waals surface area contributed by atoms with Crippen LogP contribution in [0, 0.1) is 5.92 Å². The summed E-state index contributed by atoms with van der Waals surface area (Å²) in [4.78, 5) is 59.5. The molecule has 8 heterocycles. The van der Waals surface area contributed by atoms with E-state index in [0.29, 0.717) is 66.6 Å². The molecular formula is C46H52N12O4. The van der Waals surface area contributed by atoms with E-state index in [2.05, 4.69) is 60.6 Å². The summed E-state index contributed by atoms with van der Waals surface area (Å²) in [5, 5.41) is 23.1. The van der Waals surface area contributed by atoms with Crippen molar-refractivity contribution in [2.75, 3.05) is 60.9 Å². The van der Waals surface area contributed by atoms with Gasteiger partial charge in [-0.3, -0.25) is 29.3 Å². The molecule has 2 bridgehead atoms. The van der Waals surface area contributed by atoms with Gasteiger partial charge in [0.2, 0.25) is 17.8 Å². The van der Waals surface area contributed by atoms with Crippen molar-refractivity contribution in [3.8, 4) is 5.82 Å². The molecule has 62 heavy (non-hydrogen) atoms. The third kappa shape index (κ3) is 7.61. The standard InChI is InChI=1S/C46H52N12O4/c1-46(62)19-4-3-5-20-57-44(61)36-28-47-45(51-42(36)58(57)39-8-6-7-38(46)49-39)48-31-9-11-32(12-10-31)56-25-23-54(24-26-56)29-30-17-21-55(22-18-30)33-13-14-34-37(27-33)53(2)52-41(34)35-15-16-40(59)50-43(35)60/h3,5-14,27-28,30,35,62H,4,15-26,29H2,1-2H3,(H,47,48,51)(H,50,59,60)/b5-3-. The number of allylic oxidation sites excluding steroid dienone is 2. The van der Waals surface area contributed by atoms with E-state index < -0.39 is 11.5 Å². The number of aromatic nitrogens is 7. The Balaban J connectivity index is 0.742. The first kappa shape index (κ1) is 39.7. The number of hydrogen-bond donors (Lipinski definition) is 3. The van der Waals surface area contributed by atoms with E-state index in [0.717, 1.165) is 80.9 Å². The highest BCUT2D eigenvalue weighted by atomic mass is 16.3. The van der Waals surface area contributed by atoms with E-state index in [1.165, 1.54) is 11.4 Å². The second-order valence-corrected chi connectivity index (χ2v) is 17.4. The SMILES string of the molecule is Cn1nc(C2CCC(=O)NC2=O)c2ccc(N3CCC(CN4CCN(c5ccc(Nc6ncc7c(=O)n8n(c7n6)-c6cccc(n6)C(C)(O)CC/C=C\C8)cc5)CC4)CC3)cc21. The Kier molecular flexibility index (Phi) is 10.3. The summed E-state index contributed by atoms with van der Waals surface area (Å²) in [7, 11) is 1.92. The molecule has 2 unspecified atom stereocenters. The number of aliphatic hydroxyl groups is 1. The van der Waals surface area contributed by atoms with Crippen molar-refractivity contribution in [1.29, 1.82) is 0 Å². The van der Waals surface area contributed by atoms with Gasteiger partial charge in [0, 0.05) is 87.9 Å². The minimum Gasteiger partial charge on any atom is -0.384 e. The first-order valence-corrected chi connectivity index (χ1v) is 21.8. The molecule has 6 aromatic rings. The zero-order valence-electron chi connectivity index (χ0n) is 35.2. The lowest BCUT2D eigenvalue weighted by molar-refractivity contribution is -0.134. The Hall–Kier alpha value is -6.39. The summed E-state index contributed by atoms with van der Waals surface area (Å²) in [6.45, 7) is 9.20. The van der Waals surface area contributed by atoms with Crippen molar-refractivity contribution in [3.05, 3.63) is 101 Å². The number of pyridine rings is 1. The number of benzene rings is 2. The average molecular weight is 837 g/mol. The van der Waals surface area contributed by atoms with E-state index in [4.69, 9.17) is 15.1 Å². The lowest BCUT2D eigenvalue weighted by Crippen LogP contribution is -2.49. The molecule has 320 valence electrons. The van der Waals surface area contributed by atoms with Crippen LogP contribution in [0.3, 0.4) is 0 Å². The Morgan fingerprint density at radius 1 is 0.871 bits per heavy atom. The Labute approximate surface area is 358 Å². The monoisotopic (exact) mass is 836 g/mol. The predicted octanol–water partition coefficient (Wildman–Crippen LogP) is 4.72. The van der Waals surface area contributed by atoms with Crippen molar-refractivity contribution < 1.29 is 14.7 Å². The topological polar surface area (TPSA) is 172 Å². The molecule has 2 atom stereocenters. The summed E-state index contributed by atoms with van der Waals surface area (Å²) in [5.41, 5.74) is 4.62. The van der Waals surface area contributed by atoms with Crippen LogP contribution in [0.2, 0.25) is 0 Å². The summed E-state index contributed by atoms with van der Waals surface area (Å²) in [6.07, 6.45) is 9.79. The number of hydrogen-bond acceptors (Lipinski definition) is 12. The first-order valence-electron chi connectivity index (χ1n) is 21.8. The maximum Gasteiger partial charge on any atom is 0.278 e. The molecule has 4 aliphatic rings. The Morgan fingerprint density at radius 3 is 2.44 bits per heavy atom. The normalized spacial score (nSPS) is 22.1. The molecule has 2 amide bonds. The number of imide groups is 1. The number of rotatable bonds is 7. The molecule has 4 aliphatic heterocycles. The van der Waals surface area contributed by atoms with E-state index in [1.54, 1.807) is 22.5 Å². The van der Waals surface area contributed by atoms with Gasteiger partial charge < -0.3 is 20.2 Å². The van der Waals surface area contributed by atoms with E-state index >= 15 is 0 Å². The zero-order chi connectivity index (χ0) is 42.5. The molecular weight excluding hydrogens is 785 g/mol. The van der Waals surface area contributed by atoms with Gasteiger partial charge in [0.15, 0.2) is 11.5 Å². The number of nitrogens with one attached hydrogen (secondary N) is 2. The molecule has 0 aliphatic carbocycles. The number of carbonyl (C=O) groups is 2. The molecule has 3 fully saturated rings. The lowest BCUT2D eigenvalue weighted by Gasteiger charge is -2.40. The van der Waals surface area contributed by atoms with E-state index in [9.17, 15) is 19.5 Å². The molecule has 16 nitrogen and oxygen atoms in total. The van der Waals surface area contributed by atoms with Crippen molar-refractivity contribution in [3.63, 3.8) is 0 Å².